The first-order valence-corrected chi connectivity index (χ1v) is 9.34. The highest BCUT2D eigenvalue weighted by Gasteiger charge is 2.05. The first-order chi connectivity index (χ1) is 9.76. The van der Waals surface area contributed by atoms with Crippen LogP contribution in [-0.4, -0.2) is 30.9 Å². The van der Waals surface area contributed by atoms with E-state index >= 15 is 0 Å². The van der Waals surface area contributed by atoms with Gasteiger partial charge in [0.1, 0.15) is 5.84 Å². The van der Waals surface area contributed by atoms with Gasteiger partial charge in [0.15, 0.2) is 5.96 Å². The lowest BCUT2D eigenvalue weighted by atomic mass is 10.3. The summed E-state index contributed by atoms with van der Waals surface area (Å²) in [7, 11) is -3.84. The maximum atomic E-state index is 10.7. The Kier molecular flexibility index (Phi) is 6.87. The topological polar surface area (TPSA) is 173 Å². The van der Waals surface area contributed by atoms with E-state index in [0.29, 0.717) is 23.7 Å². The minimum Gasteiger partial charge on any atom is -0.370 e. The van der Waals surface area contributed by atoms with Crippen molar-refractivity contribution in [1.82, 2.24) is 9.71 Å². The number of thiazole rings is 1. The molecule has 0 bridgehead atoms. The Labute approximate surface area is 131 Å². The third kappa shape index (κ3) is 8.49. The predicted octanol–water partition coefficient (Wildman–Crippen LogP) is -0.168. The van der Waals surface area contributed by atoms with Crippen LogP contribution in [0.4, 0.5) is 5.13 Å². The molecule has 0 saturated carbocycles. The summed E-state index contributed by atoms with van der Waals surface area (Å²) in [6.45, 7) is 0. The van der Waals surface area contributed by atoms with Crippen molar-refractivity contribution in [1.29, 1.82) is 5.41 Å². The molecule has 8 N–H and O–H groups in total. The van der Waals surface area contributed by atoms with Crippen molar-refractivity contribution in [3.8, 4) is 0 Å². The van der Waals surface area contributed by atoms with Crippen molar-refractivity contribution in [2.45, 2.75) is 18.6 Å². The zero-order chi connectivity index (χ0) is 15.9. The summed E-state index contributed by atoms with van der Waals surface area (Å²) in [6.07, 6.45) is 0.983. The Morgan fingerprint density at radius 1 is 1.52 bits per heavy atom. The maximum Gasteiger partial charge on any atom is 0.297 e. The van der Waals surface area contributed by atoms with Crippen molar-refractivity contribution in [2.24, 2.45) is 21.6 Å². The van der Waals surface area contributed by atoms with Crippen molar-refractivity contribution in [3.63, 3.8) is 0 Å². The summed E-state index contributed by atoms with van der Waals surface area (Å²) >= 11 is 2.98. The summed E-state index contributed by atoms with van der Waals surface area (Å²) in [5, 5.41) is 14.5. The van der Waals surface area contributed by atoms with Gasteiger partial charge in [0, 0.05) is 17.6 Å². The Balaban J connectivity index is 2.21. The second-order valence-electron chi connectivity index (χ2n) is 3.94. The van der Waals surface area contributed by atoms with Crippen LogP contribution >= 0.6 is 23.1 Å². The molecule has 1 aromatic rings. The molecule has 0 atom stereocenters. The van der Waals surface area contributed by atoms with E-state index in [9.17, 15) is 8.42 Å². The number of nitrogens with two attached hydrogens (primary N) is 3. The summed E-state index contributed by atoms with van der Waals surface area (Å²) in [5.74, 6) is 1.34. The van der Waals surface area contributed by atoms with Gasteiger partial charge in [0.25, 0.3) is 10.2 Å². The zero-order valence-electron chi connectivity index (χ0n) is 11.1. The van der Waals surface area contributed by atoms with E-state index < -0.39 is 10.2 Å². The van der Waals surface area contributed by atoms with Crippen LogP contribution in [0, 0.1) is 5.41 Å². The molecular weight excluding hydrogens is 334 g/mol. The van der Waals surface area contributed by atoms with E-state index in [2.05, 4.69) is 9.98 Å². The van der Waals surface area contributed by atoms with E-state index in [-0.39, 0.29) is 11.8 Å². The number of aromatic nitrogens is 1. The highest BCUT2D eigenvalue weighted by molar-refractivity contribution is 7.98. The van der Waals surface area contributed by atoms with Crippen LogP contribution in [0.25, 0.3) is 0 Å². The molecule has 0 aliphatic rings. The molecule has 21 heavy (non-hydrogen) atoms. The first-order valence-electron chi connectivity index (χ1n) is 5.76. The smallest absolute Gasteiger partial charge is 0.297 e. The quantitative estimate of drug-likeness (QED) is 0.247. The van der Waals surface area contributed by atoms with Gasteiger partial charge in [-0.1, -0.05) is 0 Å². The summed E-state index contributed by atoms with van der Waals surface area (Å²) < 4.78 is 23.3. The monoisotopic (exact) mass is 351 g/mol. The Bertz CT molecular complexity index is 607. The number of hydrogen-bond acceptors (Lipinski definition) is 7. The van der Waals surface area contributed by atoms with Gasteiger partial charge in [-0.15, -0.1) is 11.3 Å². The SMILES string of the molecule is N=C(CCCSCc1csc(N=C(N)N)n1)NS(N)(=O)=O. The molecule has 9 nitrogen and oxygen atoms in total. The molecule has 1 aromatic heterocycles. The standard InChI is InChI=1S/C9H17N7O2S3/c10-7(16-21(13,17)18)2-1-3-19-4-6-5-20-9(14-6)15-8(11)12/h5H,1-4H2,(H2,10,16)(H2,13,17,18)(H4,11,12,14,15). The fourth-order valence-electron chi connectivity index (χ4n) is 1.27. The second-order valence-corrected chi connectivity index (χ2v) is 7.18. The Hall–Kier alpha value is -1.37. The molecule has 0 radical (unpaired) electrons. The van der Waals surface area contributed by atoms with Crippen LogP contribution in [-0.2, 0) is 16.0 Å². The van der Waals surface area contributed by atoms with Gasteiger partial charge in [-0.3, -0.25) is 10.1 Å². The molecule has 0 aliphatic carbocycles. The molecule has 0 amide bonds. The Morgan fingerprint density at radius 3 is 2.86 bits per heavy atom. The molecule has 12 heteroatoms. The van der Waals surface area contributed by atoms with Gasteiger partial charge >= 0.3 is 0 Å². The van der Waals surface area contributed by atoms with Crippen LogP contribution in [0.15, 0.2) is 10.4 Å². The lowest BCUT2D eigenvalue weighted by Gasteiger charge is -2.04. The van der Waals surface area contributed by atoms with Gasteiger partial charge < -0.3 is 11.5 Å². The van der Waals surface area contributed by atoms with E-state index in [4.69, 9.17) is 22.0 Å². The third-order valence-electron chi connectivity index (χ3n) is 2.00. The fourth-order valence-corrected chi connectivity index (χ4v) is 3.38. The molecule has 0 aromatic carbocycles. The molecule has 0 aliphatic heterocycles. The summed E-state index contributed by atoms with van der Waals surface area (Å²) in [6, 6.07) is 0. The summed E-state index contributed by atoms with van der Waals surface area (Å²) in [4.78, 5) is 8.08. The van der Waals surface area contributed by atoms with Gasteiger partial charge in [-0.05, 0) is 12.2 Å². The predicted molar refractivity (Wildman–Crippen MR) is 86.9 cm³/mol. The average molecular weight is 351 g/mol. The van der Waals surface area contributed by atoms with Gasteiger partial charge in [0.2, 0.25) is 5.13 Å². The number of amidine groups is 1. The minimum absolute atomic E-state index is 0.0237. The van der Waals surface area contributed by atoms with Crippen LogP contribution in [0.2, 0.25) is 0 Å². The van der Waals surface area contributed by atoms with E-state index in [1.54, 1.807) is 11.8 Å². The van der Waals surface area contributed by atoms with Crippen LogP contribution in [0.3, 0.4) is 0 Å². The first kappa shape index (κ1) is 17.7. The molecule has 0 fully saturated rings. The number of guanidine groups is 1. The lowest BCUT2D eigenvalue weighted by Crippen LogP contribution is -2.35. The van der Waals surface area contributed by atoms with Gasteiger partial charge in [0.05, 0.1) is 5.69 Å². The lowest BCUT2D eigenvalue weighted by molar-refractivity contribution is 0.593. The molecule has 0 spiro atoms. The minimum atomic E-state index is -3.84. The molecule has 118 valence electrons. The third-order valence-corrected chi connectivity index (χ3v) is 4.39. The molecule has 1 rings (SSSR count). The molecule has 0 unspecified atom stereocenters. The molecule has 0 saturated heterocycles. The maximum absolute atomic E-state index is 10.7. The highest BCUT2D eigenvalue weighted by Crippen LogP contribution is 2.22. The van der Waals surface area contributed by atoms with Gasteiger partial charge in [-0.25, -0.2) is 10.1 Å². The van der Waals surface area contributed by atoms with Crippen molar-refractivity contribution >= 4 is 50.2 Å². The largest absolute Gasteiger partial charge is 0.370 e. The summed E-state index contributed by atoms with van der Waals surface area (Å²) in [5.41, 5.74) is 11.4. The number of nitrogens with one attached hydrogen (secondary N) is 2. The van der Waals surface area contributed by atoms with E-state index in [1.165, 1.54) is 11.3 Å². The molecular formula is C9H17N7O2S3. The average Bonchev–Trinajstić information content (AvgIpc) is 2.73. The van der Waals surface area contributed by atoms with Crippen LogP contribution < -0.4 is 21.3 Å². The second kappa shape index (κ2) is 8.17. The van der Waals surface area contributed by atoms with Gasteiger partial charge in [-0.2, -0.15) is 25.2 Å². The number of hydrogen-bond donors (Lipinski definition) is 5. The zero-order valence-corrected chi connectivity index (χ0v) is 13.5. The van der Waals surface area contributed by atoms with Crippen LogP contribution in [0.5, 0.6) is 0 Å². The number of nitrogens with zero attached hydrogens (tertiary/aromatic N) is 2. The van der Waals surface area contributed by atoms with Crippen molar-refractivity contribution in [2.75, 3.05) is 5.75 Å². The molecule has 1 heterocycles. The highest BCUT2D eigenvalue weighted by atomic mass is 32.2. The van der Waals surface area contributed by atoms with E-state index in [0.717, 1.165) is 11.4 Å². The van der Waals surface area contributed by atoms with Crippen LogP contribution in [0.1, 0.15) is 18.5 Å². The number of aliphatic imine (C=N–C) groups is 1. The number of thioether (sulfide) groups is 1. The normalized spacial score (nSPS) is 11.1. The van der Waals surface area contributed by atoms with E-state index in [1.807, 2.05) is 10.1 Å². The van der Waals surface area contributed by atoms with Crippen molar-refractivity contribution < 1.29 is 8.42 Å². The Morgan fingerprint density at radius 2 is 2.24 bits per heavy atom. The number of rotatable bonds is 8. The van der Waals surface area contributed by atoms with Crippen molar-refractivity contribution in [3.05, 3.63) is 11.1 Å². The fraction of sp³-hybridized carbons (Fsp3) is 0.444.